The van der Waals surface area contributed by atoms with Gasteiger partial charge in [-0.2, -0.15) is 0 Å². The third kappa shape index (κ3) is 3.52. The van der Waals surface area contributed by atoms with E-state index in [-0.39, 0.29) is 0 Å². The summed E-state index contributed by atoms with van der Waals surface area (Å²) in [5.41, 5.74) is 3.01. The highest BCUT2D eigenvalue weighted by molar-refractivity contribution is 7.98. The summed E-state index contributed by atoms with van der Waals surface area (Å²) < 4.78 is 7.79. The van der Waals surface area contributed by atoms with E-state index >= 15 is 0 Å². The highest BCUT2D eigenvalue weighted by Crippen LogP contribution is 2.28. The van der Waals surface area contributed by atoms with E-state index in [0.29, 0.717) is 22.6 Å². The van der Waals surface area contributed by atoms with Crippen molar-refractivity contribution in [2.45, 2.75) is 17.8 Å². The van der Waals surface area contributed by atoms with Crippen LogP contribution in [0.25, 0.3) is 17.1 Å². The van der Waals surface area contributed by atoms with Gasteiger partial charge in [-0.25, -0.2) is 4.98 Å². The van der Waals surface area contributed by atoms with E-state index in [9.17, 15) is 0 Å². The molecule has 2 heterocycles. The Labute approximate surface area is 160 Å². The Kier molecular flexibility index (Phi) is 4.77. The molecule has 130 valence electrons. The molecule has 7 heteroatoms. The minimum Gasteiger partial charge on any atom is -0.420 e. The van der Waals surface area contributed by atoms with Crippen molar-refractivity contribution < 1.29 is 4.42 Å². The van der Waals surface area contributed by atoms with Crippen LogP contribution in [0.4, 0.5) is 0 Å². The van der Waals surface area contributed by atoms with Crippen molar-refractivity contribution in [1.82, 2.24) is 19.7 Å². The molecule has 0 aliphatic carbocycles. The summed E-state index contributed by atoms with van der Waals surface area (Å²) in [6.45, 7) is 2.07. The lowest BCUT2D eigenvalue weighted by molar-refractivity contribution is 0.528. The molecule has 0 radical (unpaired) electrons. The molecule has 2 aromatic carbocycles. The van der Waals surface area contributed by atoms with E-state index < -0.39 is 0 Å². The molecule has 0 amide bonds. The second kappa shape index (κ2) is 7.35. The first-order valence-electron chi connectivity index (χ1n) is 8.01. The summed E-state index contributed by atoms with van der Waals surface area (Å²) in [6, 6.07) is 15.7. The van der Waals surface area contributed by atoms with E-state index in [1.807, 2.05) is 35.0 Å². The smallest absolute Gasteiger partial charge is 0.249 e. The van der Waals surface area contributed by atoms with Gasteiger partial charge in [-0.15, -0.1) is 10.2 Å². The number of hydrogen-bond donors (Lipinski definition) is 0. The summed E-state index contributed by atoms with van der Waals surface area (Å²) in [6.07, 6.45) is 3.73. The molecule has 0 saturated carbocycles. The van der Waals surface area contributed by atoms with Gasteiger partial charge in [0.2, 0.25) is 11.8 Å². The second-order valence-electron chi connectivity index (χ2n) is 5.69. The van der Waals surface area contributed by atoms with Crippen molar-refractivity contribution >= 4 is 23.4 Å². The van der Waals surface area contributed by atoms with Crippen LogP contribution < -0.4 is 0 Å². The number of hydrogen-bond acceptors (Lipinski definition) is 5. The third-order valence-electron chi connectivity index (χ3n) is 3.78. The van der Waals surface area contributed by atoms with Crippen LogP contribution in [0.3, 0.4) is 0 Å². The maximum absolute atomic E-state index is 6.18. The van der Waals surface area contributed by atoms with E-state index in [2.05, 4.69) is 40.3 Å². The summed E-state index contributed by atoms with van der Waals surface area (Å²) in [5, 5.41) is 9.67. The minimum absolute atomic E-state index is 0.424. The van der Waals surface area contributed by atoms with Gasteiger partial charge in [0.15, 0.2) is 5.16 Å². The average Bonchev–Trinajstić information content (AvgIpc) is 3.30. The maximum Gasteiger partial charge on any atom is 0.249 e. The van der Waals surface area contributed by atoms with Crippen LogP contribution >= 0.6 is 23.4 Å². The highest BCUT2D eigenvalue weighted by atomic mass is 35.5. The lowest BCUT2D eigenvalue weighted by Crippen LogP contribution is -1.95. The largest absolute Gasteiger partial charge is 0.420 e. The van der Waals surface area contributed by atoms with Gasteiger partial charge in [0.25, 0.3) is 0 Å². The zero-order chi connectivity index (χ0) is 17.9. The van der Waals surface area contributed by atoms with Gasteiger partial charge in [-0.1, -0.05) is 47.6 Å². The summed E-state index contributed by atoms with van der Waals surface area (Å²) in [4.78, 5) is 4.43. The van der Waals surface area contributed by atoms with Crippen LogP contribution in [0.5, 0.6) is 0 Å². The number of thioether (sulfide) groups is 1. The molecular weight excluding hydrogens is 368 g/mol. The highest BCUT2D eigenvalue weighted by Gasteiger charge is 2.13. The second-order valence-corrected chi connectivity index (χ2v) is 7.04. The Morgan fingerprint density at radius 3 is 2.85 bits per heavy atom. The first kappa shape index (κ1) is 16.9. The molecule has 0 atom stereocenters. The SMILES string of the molecule is Cc1cccc(-n2ccnc2SCc2nnc(-c3ccccc3Cl)o2)c1. The molecule has 0 aliphatic rings. The topological polar surface area (TPSA) is 56.7 Å². The molecule has 26 heavy (non-hydrogen) atoms. The fourth-order valence-electron chi connectivity index (χ4n) is 2.55. The standard InChI is InChI=1S/C19H15ClN4OS/c1-13-5-4-6-14(11-13)24-10-9-21-19(24)26-12-17-22-23-18(25-17)15-7-2-3-8-16(15)20/h2-11H,12H2,1H3. The fourth-order valence-corrected chi connectivity index (χ4v) is 3.58. The van der Waals surface area contributed by atoms with Crippen molar-refractivity contribution in [3.8, 4) is 17.1 Å². The van der Waals surface area contributed by atoms with E-state index in [1.54, 1.807) is 24.0 Å². The molecule has 4 rings (SSSR count). The molecule has 4 aromatic rings. The van der Waals surface area contributed by atoms with Gasteiger partial charge in [-0.3, -0.25) is 4.57 Å². The van der Waals surface area contributed by atoms with Crippen LogP contribution in [0.1, 0.15) is 11.5 Å². The molecule has 0 fully saturated rings. The van der Waals surface area contributed by atoms with Crippen molar-refractivity contribution in [2.75, 3.05) is 0 Å². The third-order valence-corrected chi connectivity index (χ3v) is 5.06. The van der Waals surface area contributed by atoms with Gasteiger partial charge in [-0.05, 0) is 36.8 Å². The fraction of sp³-hybridized carbons (Fsp3) is 0.105. The predicted octanol–water partition coefficient (Wildman–Crippen LogP) is 5.18. The quantitative estimate of drug-likeness (QED) is 0.445. The van der Waals surface area contributed by atoms with E-state index in [1.165, 1.54) is 5.56 Å². The van der Waals surface area contributed by atoms with Crippen LogP contribution in [-0.2, 0) is 5.75 Å². The van der Waals surface area contributed by atoms with Crippen LogP contribution in [0, 0.1) is 6.92 Å². The zero-order valence-electron chi connectivity index (χ0n) is 14.0. The summed E-state index contributed by atoms with van der Waals surface area (Å²) in [5.74, 6) is 1.48. The summed E-state index contributed by atoms with van der Waals surface area (Å²) >= 11 is 7.72. The monoisotopic (exact) mass is 382 g/mol. The van der Waals surface area contributed by atoms with Gasteiger partial charge >= 0.3 is 0 Å². The number of aromatic nitrogens is 4. The normalized spacial score (nSPS) is 11.0. The number of nitrogens with zero attached hydrogens (tertiary/aromatic N) is 4. The minimum atomic E-state index is 0.424. The Hall–Kier alpha value is -2.57. The average molecular weight is 383 g/mol. The van der Waals surface area contributed by atoms with Crippen molar-refractivity contribution in [3.05, 3.63) is 77.4 Å². The lowest BCUT2D eigenvalue weighted by atomic mass is 10.2. The van der Waals surface area contributed by atoms with Gasteiger partial charge < -0.3 is 4.42 Å². The molecule has 0 bridgehead atoms. The molecule has 2 aromatic heterocycles. The Balaban J connectivity index is 1.51. The number of imidazole rings is 1. The number of rotatable bonds is 5. The number of aryl methyl sites for hydroxylation is 1. The number of benzene rings is 2. The van der Waals surface area contributed by atoms with Crippen molar-refractivity contribution in [1.29, 1.82) is 0 Å². The maximum atomic E-state index is 6.18. The molecule has 5 nitrogen and oxygen atoms in total. The first-order chi connectivity index (χ1) is 12.7. The number of halogens is 1. The van der Waals surface area contributed by atoms with Crippen LogP contribution in [0.2, 0.25) is 5.02 Å². The van der Waals surface area contributed by atoms with E-state index in [0.717, 1.165) is 16.4 Å². The Bertz CT molecular complexity index is 1040. The summed E-state index contributed by atoms with van der Waals surface area (Å²) in [7, 11) is 0. The zero-order valence-corrected chi connectivity index (χ0v) is 15.5. The molecule has 0 saturated heterocycles. The molecule has 0 aliphatic heterocycles. The molecule has 0 unspecified atom stereocenters. The molecule has 0 N–H and O–H groups in total. The van der Waals surface area contributed by atoms with Gasteiger partial charge in [0, 0.05) is 18.1 Å². The van der Waals surface area contributed by atoms with Gasteiger partial charge in [0.05, 0.1) is 16.3 Å². The van der Waals surface area contributed by atoms with Gasteiger partial charge in [0.1, 0.15) is 0 Å². The Morgan fingerprint density at radius 2 is 2.00 bits per heavy atom. The first-order valence-corrected chi connectivity index (χ1v) is 9.37. The molecular formula is C19H15ClN4OS. The molecule has 0 spiro atoms. The lowest BCUT2D eigenvalue weighted by Gasteiger charge is -2.07. The van der Waals surface area contributed by atoms with E-state index in [4.69, 9.17) is 16.0 Å². The van der Waals surface area contributed by atoms with Crippen molar-refractivity contribution in [2.24, 2.45) is 0 Å². The van der Waals surface area contributed by atoms with Crippen molar-refractivity contribution in [3.63, 3.8) is 0 Å². The van der Waals surface area contributed by atoms with Crippen LogP contribution in [-0.4, -0.2) is 19.7 Å². The van der Waals surface area contributed by atoms with Crippen LogP contribution in [0.15, 0.2) is 70.5 Å². The predicted molar refractivity (Wildman–Crippen MR) is 103 cm³/mol. The Morgan fingerprint density at radius 1 is 1.12 bits per heavy atom.